The van der Waals surface area contributed by atoms with E-state index in [0.29, 0.717) is 25.3 Å². The second-order valence-electron chi connectivity index (χ2n) is 5.37. The number of nitrogens with two attached hydrogens (primary N) is 1. The Morgan fingerprint density at radius 1 is 1.39 bits per heavy atom. The van der Waals surface area contributed by atoms with Gasteiger partial charge < -0.3 is 10.6 Å². The molecule has 0 bridgehead atoms. The van der Waals surface area contributed by atoms with E-state index in [9.17, 15) is 18.5 Å². The zero-order chi connectivity index (χ0) is 15.6. The number of halogens is 2. The van der Waals surface area contributed by atoms with Gasteiger partial charge in [-0.3, -0.25) is 10.1 Å². The summed E-state index contributed by atoms with van der Waals surface area (Å²) in [5.41, 5.74) is 6.00. The molecule has 1 aromatic rings. The predicted molar refractivity (Wildman–Crippen MR) is 94.7 cm³/mol. The van der Waals surface area contributed by atoms with Gasteiger partial charge in [-0.05, 0) is 31.4 Å². The number of sulfone groups is 1. The van der Waals surface area contributed by atoms with Gasteiger partial charge in [0.05, 0.1) is 15.5 Å². The smallest absolute Gasteiger partial charge is 0.271 e. The molecule has 1 saturated heterocycles. The molecule has 23 heavy (non-hydrogen) atoms. The fraction of sp³-hybridized carbons (Fsp3) is 0.538. The Balaban J connectivity index is 0.00000242. The van der Waals surface area contributed by atoms with Crippen LogP contribution >= 0.6 is 24.8 Å². The lowest BCUT2D eigenvalue weighted by Gasteiger charge is -2.34. The van der Waals surface area contributed by atoms with E-state index in [4.69, 9.17) is 5.73 Å². The van der Waals surface area contributed by atoms with E-state index in [-0.39, 0.29) is 41.3 Å². The maximum atomic E-state index is 11.9. The van der Waals surface area contributed by atoms with Crippen molar-refractivity contribution in [2.24, 2.45) is 11.7 Å². The Kier molecular flexibility index (Phi) is 8.26. The van der Waals surface area contributed by atoms with Crippen molar-refractivity contribution in [3.63, 3.8) is 0 Å². The number of hydrogen-bond acceptors (Lipinski definition) is 6. The minimum atomic E-state index is -3.44. The molecule has 1 fully saturated rings. The van der Waals surface area contributed by atoms with E-state index in [1.54, 1.807) is 0 Å². The Labute approximate surface area is 148 Å². The van der Waals surface area contributed by atoms with Gasteiger partial charge in [-0.15, -0.1) is 24.8 Å². The number of nitrogens with zero attached hydrogens (tertiary/aromatic N) is 2. The summed E-state index contributed by atoms with van der Waals surface area (Å²) in [7, 11) is -3.44. The number of nitro benzene ring substituents is 1. The molecule has 1 aliphatic rings. The summed E-state index contributed by atoms with van der Waals surface area (Å²) in [4.78, 5) is 12.4. The van der Waals surface area contributed by atoms with E-state index < -0.39 is 14.8 Å². The lowest BCUT2D eigenvalue weighted by Crippen LogP contribution is -2.39. The van der Waals surface area contributed by atoms with Gasteiger partial charge >= 0.3 is 0 Å². The molecule has 0 spiro atoms. The summed E-state index contributed by atoms with van der Waals surface area (Å²) in [5.74, 6) is 0.283. The summed E-state index contributed by atoms with van der Waals surface area (Å²) in [6.45, 7) is 1.83. The van der Waals surface area contributed by atoms with Gasteiger partial charge in [0.25, 0.3) is 5.69 Å². The normalized spacial score (nSPS) is 17.8. The van der Waals surface area contributed by atoms with Crippen LogP contribution in [0.2, 0.25) is 0 Å². The van der Waals surface area contributed by atoms with Crippen LogP contribution in [0.4, 0.5) is 11.4 Å². The standard InChI is InChI=1S/C13H19N3O4S.2ClH/c1-21(19,20)13-5-4-11(16(17)18)7-12(13)15-6-2-3-10(8-14)9-15;;/h4-5,7,10H,2-3,6,8-9,14H2,1H3;2*1H/t10-;;/m0../s1. The molecular formula is C13H21Cl2N3O4S. The second-order valence-corrected chi connectivity index (χ2v) is 7.36. The number of hydrogen-bond donors (Lipinski definition) is 1. The fourth-order valence-electron chi connectivity index (χ4n) is 2.66. The van der Waals surface area contributed by atoms with Crippen LogP contribution in [0.5, 0.6) is 0 Å². The number of rotatable bonds is 4. The molecule has 2 N–H and O–H groups in total. The summed E-state index contributed by atoms with van der Waals surface area (Å²) in [6, 6.07) is 3.88. The average molecular weight is 386 g/mol. The first-order valence-electron chi connectivity index (χ1n) is 6.76. The highest BCUT2D eigenvalue weighted by Crippen LogP contribution is 2.32. The van der Waals surface area contributed by atoms with Crippen molar-refractivity contribution in [3.8, 4) is 0 Å². The van der Waals surface area contributed by atoms with Crippen LogP contribution in [0.15, 0.2) is 23.1 Å². The van der Waals surface area contributed by atoms with Crippen LogP contribution in [-0.4, -0.2) is 39.2 Å². The number of nitro groups is 1. The molecule has 1 atom stereocenters. The SMILES string of the molecule is CS(=O)(=O)c1ccc([N+](=O)[O-])cc1N1CCC[C@@H](CN)C1.Cl.Cl. The van der Waals surface area contributed by atoms with Crippen LogP contribution in [0.25, 0.3) is 0 Å². The van der Waals surface area contributed by atoms with Crippen LogP contribution in [0.3, 0.4) is 0 Å². The van der Waals surface area contributed by atoms with Crippen molar-refractivity contribution in [2.75, 3.05) is 30.8 Å². The van der Waals surface area contributed by atoms with Gasteiger partial charge in [-0.25, -0.2) is 8.42 Å². The molecule has 0 unspecified atom stereocenters. The third-order valence-corrected chi connectivity index (χ3v) is 4.89. The molecule has 2 rings (SSSR count). The second kappa shape index (κ2) is 8.68. The van der Waals surface area contributed by atoms with Crippen molar-refractivity contribution < 1.29 is 13.3 Å². The maximum absolute atomic E-state index is 11.9. The van der Waals surface area contributed by atoms with Crippen molar-refractivity contribution in [3.05, 3.63) is 28.3 Å². The fourth-order valence-corrected chi connectivity index (χ4v) is 3.54. The largest absolute Gasteiger partial charge is 0.370 e. The lowest BCUT2D eigenvalue weighted by molar-refractivity contribution is -0.384. The molecule has 132 valence electrons. The van der Waals surface area contributed by atoms with Gasteiger partial charge in [-0.1, -0.05) is 0 Å². The van der Waals surface area contributed by atoms with E-state index >= 15 is 0 Å². The van der Waals surface area contributed by atoms with E-state index in [1.165, 1.54) is 18.2 Å². The molecule has 10 heteroatoms. The van der Waals surface area contributed by atoms with Gasteiger partial charge in [0.1, 0.15) is 0 Å². The third-order valence-electron chi connectivity index (χ3n) is 3.75. The number of anilines is 1. The Bertz CT molecular complexity index is 655. The highest BCUT2D eigenvalue weighted by molar-refractivity contribution is 7.90. The van der Waals surface area contributed by atoms with Crippen LogP contribution < -0.4 is 10.6 Å². The third kappa shape index (κ3) is 5.20. The lowest BCUT2D eigenvalue weighted by atomic mass is 9.98. The molecule has 0 amide bonds. The van der Waals surface area contributed by atoms with Crippen LogP contribution in [-0.2, 0) is 9.84 Å². The summed E-state index contributed by atoms with van der Waals surface area (Å²) in [6.07, 6.45) is 3.01. The monoisotopic (exact) mass is 385 g/mol. The maximum Gasteiger partial charge on any atom is 0.271 e. The quantitative estimate of drug-likeness (QED) is 0.627. The molecule has 1 aromatic carbocycles. The summed E-state index contributed by atoms with van der Waals surface area (Å²) < 4.78 is 23.8. The topological polar surface area (TPSA) is 107 Å². The number of piperidine rings is 1. The molecule has 7 nitrogen and oxygen atoms in total. The Morgan fingerprint density at radius 3 is 2.57 bits per heavy atom. The Hall–Kier alpha value is -1.09. The van der Waals surface area contributed by atoms with Gasteiger partial charge in [-0.2, -0.15) is 0 Å². The summed E-state index contributed by atoms with van der Waals surface area (Å²) >= 11 is 0. The first kappa shape index (κ1) is 21.9. The van der Waals surface area contributed by atoms with Gasteiger partial charge in [0, 0.05) is 31.5 Å². The van der Waals surface area contributed by atoms with Crippen LogP contribution in [0, 0.1) is 16.0 Å². The van der Waals surface area contributed by atoms with Crippen LogP contribution in [0.1, 0.15) is 12.8 Å². The molecule has 0 saturated carbocycles. The Morgan fingerprint density at radius 2 is 2.04 bits per heavy atom. The molecule has 0 aliphatic carbocycles. The van der Waals surface area contributed by atoms with Crippen molar-refractivity contribution in [2.45, 2.75) is 17.7 Å². The molecular weight excluding hydrogens is 365 g/mol. The highest BCUT2D eigenvalue weighted by atomic mass is 35.5. The van der Waals surface area contributed by atoms with E-state index in [0.717, 1.165) is 19.1 Å². The summed E-state index contributed by atoms with van der Waals surface area (Å²) in [5, 5.41) is 10.9. The van der Waals surface area contributed by atoms with Crippen molar-refractivity contribution in [1.29, 1.82) is 0 Å². The first-order valence-corrected chi connectivity index (χ1v) is 8.65. The molecule has 0 aromatic heterocycles. The molecule has 0 radical (unpaired) electrons. The van der Waals surface area contributed by atoms with E-state index in [2.05, 4.69) is 0 Å². The highest BCUT2D eigenvalue weighted by Gasteiger charge is 2.25. The zero-order valence-electron chi connectivity index (χ0n) is 12.7. The first-order chi connectivity index (χ1) is 9.82. The van der Waals surface area contributed by atoms with Gasteiger partial charge in [0.15, 0.2) is 9.84 Å². The minimum Gasteiger partial charge on any atom is -0.370 e. The number of non-ortho nitro benzene ring substituents is 1. The molecule has 1 aliphatic heterocycles. The van der Waals surface area contributed by atoms with E-state index in [1.807, 2.05) is 4.90 Å². The predicted octanol–water partition coefficient (Wildman–Crippen LogP) is 2.02. The average Bonchev–Trinajstić information content (AvgIpc) is 2.45. The number of benzene rings is 1. The minimum absolute atomic E-state index is 0. The molecule has 1 heterocycles. The van der Waals surface area contributed by atoms with Crippen molar-refractivity contribution >= 4 is 46.0 Å². The van der Waals surface area contributed by atoms with Crippen molar-refractivity contribution in [1.82, 2.24) is 0 Å². The zero-order valence-corrected chi connectivity index (χ0v) is 15.1. The van der Waals surface area contributed by atoms with Gasteiger partial charge in [0.2, 0.25) is 0 Å².